The van der Waals surface area contributed by atoms with Crippen LogP contribution in [-0.4, -0.2) is 28.9 Å². The molecule has 0 aromatic heterocycles. The van der Waals surface area contributed by atoms with Crippen LogP contribution in [-0.2, 0) is 4.79 Å². The average molecular weight is 252 g/mol. The molecule has 0 aromatic carbocycles. The molecule has 2 saturated heterocycles. The van der Waals surface area contributed by atoms with Gasteiger partial charge in [-0.25, -0.2) is 0 Å². The Morgan fingerprint density at radius 1 is 1.11 bits per heavy atom. The van der Waals surface area contributed by atoms with Crippen molar-refractivity contribution in [3.8, 4) is 0 Å². The Balaban J connectivity index is 1.73. The molecular formula is C15H28N2O. The summed E-state index contributed by atoms with van der Waals surface area (Å²) >= 11 is 0. The van der Waals surface area contributed by atoms with E-state index in [0.717, 1.165) is 25.7 Å². The molecule has 18 heavy (non-hydrogen) atoms. The molecule has 0 aliphatic carbocycles. The largest absolute Gasteiger partial charge is 0.337 e. The van der Waals surface area contributed by atoms with Crippen molar-refractivity contribution in [3.63, 3.8) is 0 Å². The molecule has 3 heteroatoms. The first-order valence-electron chi connectivity index (χ1n) is 7.79. The zero-order valence-corrected chi connectivity index (χ0v) is 11.7. The second-order valence-electron chi connectivity index (χ2n) is 6.08. The number of rotatable bonds is 6. The van der Waals surface area contributed by atoms with Crippen LogP contribution in [0, 0.1) is 0 Å². The van der Waals surface area contributed by atoms with E-state index < -0.39 is 0 Å². The van der Waals surface area contributed by atoms with E-state index in [2.05, 4.69) is 11.8 Å². The minimum Gasteiger partial charge on any atom is -0.337 e. The molecule has 2 atom stereocenters. The topological polar surface area (TPSA) is 46.3 Å². The van der Waals surface area contributed by atoms with Crippen molar-refractivity contribution < 1.29 is 4.79 Å². The van der Waals surface area contributed by atoms with Crippen LogP contribution in [0.25, 0.3) is 0 Å². The van der Waals surface area contributed by atoms with Crippen LogP contribution in [0.2, 0.25) is 0 Å². The molecule has 1 amide bonds. The van der Waals surface area contributed by atoms with E-state index in [1.165, 1.54) is 38.5 Å². The highest BCUT2D eigenvalue weighted by molar-refractivity contribution is 5.77. The maximum Gasteiger partial charge on any atom is 0.223 e. The van der Waals surface area contributed by atoms with Crippen LogP contribution in [0.4, 0.5) is 0 Å². The van der Waals surface area contributed by atoms with Gasteiger partial charge in [-0.05, 0) is 32.1 Å². The number of piperidine rings is 1. The minimum absolute atomic E-state index is 0.330. The zero-order chi connectivity index (χ0) is 13.0. The Morgan fingerprint density at radius 3 is 2.33 bits per heavy atom. The van der Waals surface area contributed by atoms with Crippen LogP contribution in [0.3, 0.4) is 0 Å². The predicted molar refractivity (Wildman–Crippen MR) is 74.2 cm³/mol. The van der Waals surface area contributed by atoms with E-state index in [-0.39, 0.29) is 0 Å². The van der Waals surface area contributed by atoms with Gasteiger partial charge in [-0.3, -0.25) is 4.79 Å². The van der Waals surface area contributed by atoms with Crippen molar-refractivity contribution in [2.75, 3.05) is 0 Å². The second kappa shape index (κ2) is 6.55. The molecule has 0 spiro atoms. The number of carbonyl (C=O) groups excluding carboxylic acids is 1. The lowest BCUT2D eigenvalue weighted by Crippen LogP contribution is -2.50. The SMILES string of the molecule is CCCCCCCC(=O)N1C2CCC1CC(N)C2. The van der Waals surface area contributed by atoms with Crippen LogP contribution < -0.4 is 5.73 Å². The van der Waals surface area contributed by atoms with E-state index in [1.807, 2.05) is 0 Å². The predicted octanol–water partition coefficient (Wildman–Crippen LogP) is 2.83. The lowest BCUT2D eigenvalue weighted by Gasteiger charge is -2.37. The van der Waals surface area contributed by atoms with Gasteiger partial charge in [-0.2, -0.15) is 0 Å². The molecule has 2 heterocycles. The van der Waals surface area contributed by atoms with Gasteiger partial charge < -0.3 is 10.6 Å². The van der Waals surface area contributed by atoms with E-state index in [0.29, 0.717) is 24.0 Å². The summed E-state index contributed by atoms with van der Waals surface area (Å²) in [5.74, 6) is 0.394. The van der Waals surface area contributed by atoms with Gasteiger partial charge in [0.25, 0.3) is 0 Å². The molecule has 2 bridgehead atoms. The maximum absolute atomic E-state index is 12.3. The van der Waals surface area contributed by atoms with Gasteiger partial charge in [-0.15, -0.1) is 0 Å². The van der Waals surface area contributed by atoms with Gasteiger partial charge in [0.1, 0.15) is 0 Å². The second-order valence-corrected chi connectivity index (χ2v) is 6.08. The third kappa shape index (κ3) is 3.25. The smallest absolute Gasteiger partial charge is 0.223 e. The fourth-order valence-corrected chi connectivity index (χ4v) is 3.64. The van der Waals surface area contributed by atoms with Gasteiger partial charge >= 0.3 is 0 Å². The van der Waals surface area contributed by atoms with Crippen molar-refractivity contribution in [3.05, 3.63) is 0 Å². The van der Waals surface area contributed by atoms with E-state index in [1.54, 1.807) is 0 Å². The van der Waals surface area contributed by atoms with Gasteiger partial charge in [0.05, 0.1) is 0 Å². The third-order valence-electron chi connectivity index (χ3n) is 4.55. The highest BCUT2D eigenvalue weighted by atomic mass is 16.2. The Bertz CT molecular complexity index is 266. The fourth-order valence-electron chi connectivity index (χ4n) is 3.64. The first-order chi connectivity index (χ1) is 8.72. The van der Waals surface area contributed by atoms with E-state index in [9.17, 15) is 4.79 Å². The van der Waals surface area contributed by atoms with Crippen molar-refractivity contribution in [1.82, 2.24) is 4.90 Å². The molecule has 0 radical (unpaired) electrons. The average Bonchev–Trinajstić information content (AvgIpc) is 2.61. The Labute approximate surface area is 111 Å². The monoisotopic (exact) mass is 252 g/mol. The molecule has 3 nitrogen and oxygen atoms in total. The molecule has 0 aromatic rings. The fraction of sp³-hybridized carbons (Fsp3) is 0.933. The van der Waals surface area contributed by atoms with Crippen molar-refractivity contribution in [2.24, 2.45) is 5.73 Å². The summed E-state index contributed by atoms with van der Waals surface area (Å²) < 4.78 is 0. The lowest BCUT2D eigenvalue weighted by molar-refractivity contribution is -0.135. The quantitative estimate of drug-likeness (QED) is 0.739. The van der Waals surface area contributed by atoms with Crippen LogP contribution >= 0.6 is 0 Å². The molecule has 2 aliphatic rings. The van der Waals surface area contributed by atoms with Gasteiger partial charge in [0.15, 0.2) is 0 Å². The lowest BCUT2D eigenvalue weighted by atomic mass is 9.97. The zero-order valence-electron chi connectivity index (χ0n) is 11.7. The summed E-state index contributed by atoms with van der Waals surface area (Å²) in [5, 5.41) is 0. The summed E-state index contributed by atoms with van der Waals surface area (Å²) in [6, 6.07) is 1.25. The van der Waals surface area contributed by atoms with E-state index in [4.69, 9.17) is 5.73 Å². The molecule has 2 rings (SSSR count). The number of amides is 1. The first kappa shape index (κ1) is 13.9. The first-order valence-corrected chi connectivity index (χ1v) is 7.79. The normalized spacial score (nSPS) is 30.8. The molecular weight excluding hydrogens is 224 g/mol. The van der Waals surface area contributed by atoms with Gasteiger partial charge in [0, 0.05) is 24.5 Å². The molecule has 104 valence electrons. The van der Waals surface area contributed by atoms with Gasteiger partial charge in [-0.1, -0.05) is 32.6 Å². The molecule has 2 N–H and O–H groups in total. The number of unbranched alkanes of at least 4 members (excludes halogenated alkanes) is 4. The number of nitrogens with zero attached hydrogens (tertiary/aromatic N) is 1. The molecule has 0 saturated carbocycles. The number of hydrogen-bond acceptors (Lipinski definition) is 2. The summed E-state index contributed by atoms with van der Waals surface area (Å²) in [6.07, 6.45) is 11.3. The maximum atomic E-state index is 12.3. The molecule has 2 unspecified atom stereocenters. The summed E-state index contributed by atoms with van der Waals surface area (Å²) in [5.41, 5.74) is 6.03. The van der Waals surface area contributed by atoms with Crippen molar-refractivity contribution >= 4 is 5.91 Å². The third-order valence-corrected chi connectivity index (χ3v) is 4.55. The number of fused-ring (bicyclic) bond motifs is 2. The summed E-state index contributed by atoms with van der Waals surface area (Å²) in [6.45, 7) is 2.22. The highest BCUT2D eigenvalue weighted by Gasteiger charge is 2.41. The molecule has 2 fully saturated rings. The van der Waals surface area contributed by atoms with E-state index >= 15 is 0 Å². The standard InChI is InChI=1S/C15H28N2O/c1-2-3-4-5-6-7-15(18)17-13-8-9-14(17)11-12(16)10-13/h12-14H,2-11,16H2,1H3. The highest BCUT2D eigenvalue weighted by Crippen LogP contribution is 2.35. The number of carbonyl (C=O) groups is 1. The number of nitrogens with two attached hydrogens (primary N) is 1. The number of hydrogen-bond donors (Lipinski definition) is 1. The van der Waals surface area contributed by atoms with Crippen LogP contribution in [0.1, 0.15) is 71.1 Å². The summed E-state index contributed by atoms with van der Waals surface area (Å²) in [7, 11) is 0. The Morgan fingerprint density at radius 2 is 1.72 bits per heavy atom. The molecule has 2 aliphatic heterocycles. The van der Waals surface area contributed by atoms with Gasteiger partial charge in [0.2, 0.25) is 5.91 Å². The van der Waals surface area contributed by atoms with Crippen molar-refractivity contribution in [2.45, 2.75) is 89.3 Å². The Kier molecular flexibility index (Phi) is 5.04. The van der Waals surface area contributed by atoms with Crippen molar-refractivity contribution in [1.29, 1.82) is 0 Å². The Hall–Kier alpha value is -0.570. The minimum atomic E-state index is 0.330. The van der Waals surface area contributed by atoms with Crippen LogP contribution in [0.15, 0.2) is 0 Å². The summed E-state index contributed by atoms with van der Waals surface area (Å²) in [4.78, 5) is 14.5. The van der Waals surface area contributed by atoms with Crippen LogP contribution in [0.5, 0.6) is 0 Å².